The van der Waals surface area contributed by atoms with Gasteiger partial charge in [-0.05, 0) is 13.0 Å². The van der Waals surface area contributed by atoms with Crippen molar-refractivity contribution in [3.05, 3.63) is 34.9 Å². The lowest BCUT2D eigenvalue weighted by Crippen LogP contribution is -2.24. The largest absolute Gasteiger partial charge is 0.344 e. The Morgan fingerprint density at radius 3 is 2.76 bits per heavy atom. The molecule has 0 radical (unpaired) electrons. The number of unbranched alkanes of at least 4 members (excludes halogenated alkanes) is 1. The van der Waals surface area contributed by atoms with Crippen molar-refractivity contribution < 1.29 is 0 Å². The van der Waals surface area contributed by atoms with Gasteiger partial charge in [-0.1, -0.05) is 31.9 Å². The van der Waals surface area contributed by atoms with Crippen molar-refractivity contribution >= 4 is 11.6 Å². The van der Waals surface area contributed by atoms with Crippen LogP contribution in [0.25, 0.3) is 0 Å². The van der Waals surface area contributed by atoms with Crippen molar-refractivity contribution in [2.24, 2.45) is 7.05 Å². The van der Waals surface area contributed by atoms with Crippen LogP contribution in [-0.4, -0.2) is 31.0 Å². The van der Waals surface area contributed by atoms with Crippen LogP contribution in [0.1, 0.15) is 44.0 Å². The molecule has 0 amide bonds. The van der Waals surface area contributed by atoms with Gasteiger partial charge in [-0.15, -0.1) is 0 Å². The van der Waals surface area contributed by atoms with Crippen molar-refractivity contribution in [1.29, 1.82) is 0 Å². The molecular formula is C15H24ClN5. The molecule has 0 aliphatic carbocycles. The Bertz CT molecular complexity index is 560. The maximum absolute atomic E-state index is 6.25. The SMILES string of the molecule is CCCCc1nc(Cl)c(CN(CC)Cc2nccn2C)[nH]1. The van der Waals surface area contributed by atoms with Crippen LogP contribution in [0.5, 0.6) is 0 Å². The summed E-state index contributed by atoms with van der Waals surface area (Å²) in [7, 11) is 2.02. The van der Waals surface area contributed by atoms with Crippen LogP contribution in [0.15, 0.2) is 12.4 Å². The van der Waals surface area contributed by atoms with Crippen molar-refractivity contribution in [2.75, 3.05) is 6.54 Å². The molecule has 0 aliphatic heterocycles. The smallest absolute Gasteiger partial charge is 0.151 e. The van der Waals surface area contributed by atoms with E-state index in [-0.39, 0.29) is 0 Å². The van der Waals surface area contributed by atoms with E-state index in [0.29, 0.717) is 5.15 Å². The predicted octanol–water partition coefficient (Wildman–Crippen LogP) is 3.16. The number of hydrogen-bond donors (Lipinski definition) is 1. The number of halogens is 1. The summed E-state index contributed by atoms with van der Waals surface area (Å²) in [5, 5.41) is 0.597. The molecular weight excluding hydrogens is 286 g/mol. The molecule has 0 fully saturated rings. The fourth-order valence-corrected chi connectivity index (χ4v) is 2.47. The molecule has 6 heteroatoms. The van der Waals surface area contributed by atoms with E-state index in [0.717, 1.165) is 56.2 Å². The number of aromatic amines is 1. The van der Waals surface area contributed by atoms with Crippen LogP contribution in [0.4, 0.5) is 0 Å². The Balaban J connectivity index is 2.01. The summed E-state index contributed by atoms with van der Waals surface area (Å²) >= 11 is 6.25. The number of imidazole rings is 2. The van der Waals surface area contributed by atoms with Gasteiger partial charge in [-0.2, -0.15) is 0 Å². The topological polar surface area (TPSA) is 49.7 Å². The highest BCUT2D eigenvalue weighted by Gasteiger charge is 2.13. The first-order valence-corrected chi connectivity index (χ1v) is 7.93. The number of hydrogen-bond acceptors (Lipinski definition) is 3. The number of H-pyrrole nitrogens is 1. The first-order valence-electron chi connectivity index (χ1n) is 7.55. The van der Waals surface area contributed by atoms with Gasteiger partial charge in [0, 0.05) is 32.4 Å². The molecule has 0 saturated heterocycles. The Labute approximate surface area is 131 Å². The second kappa shape index (κ2) is 7.61. The van der Waals surface area contributed by atoms with E-state index < -0.39 is 0 Å². The first kappa shape index (κ1) is 16.0. The molecule has 5 nitrogen and oxygen atoms in total. The highest BCUT2D eigenvalue weighted by atomic mass is 35.5. The van der Waals surface area contributed by atoms with E-state index >= 15 is 0 Å². The molecule has 1 N–H and O–H groups in total. The minimum atomic E-state index is 0.597. The number of rotatable bonds is 8. The predicted molar refractivity (Wildman–Crippen MR) is 85.2 cm³/mol. The molecule has 0 spiro atoms. The summed E-state index contributed by atoms with van der Waals surface area (Å²) in [4.78, 5) is 14.4. The van der Waals surface area contributed by atoms with Gasteiger partial charge in [0.2, 0.25) is 0 Å². The zero-order chi connectivity index (χ0) is 15.2. The van der Waals surface area contributed by atoms with Crippen LogP contribution >= 0.6 is 11.6 Å². The monoisotopic (exact) mass is 309 g/mol. The summed E-state index contributed by atoms with van der Waals surface area (Å²) in [6, 6.07) is 0. The minimum absolute atomic E-state index is 0.597. The van der Waals surface area contributed by atoms with Crippen LogP contribution in [0, 0.1) is 0 Å². The number of aromatic nitrogens is 4. The number of aryl methyl sites for hydroxylation is 2. The summed E-state index contributed by atoms with van der Waals surface area (Å²) in [5.74, 6) is 2.04. The van der Waals surface area contributed by atoms with Crippen LogP contribution in [-0.2, 0) is 26.6 Å². The van der Waals surface area contributed by atoms with E-state index in [4.69, 9.17) is 11.6 Å². The van der Waals surface area contributed by atoms with E-state index in [1.165, 1.54) is 0 Å². The van der Waals surface area contributed by atoms with Crippen molar-refractivity contribution in [2.45, 2.75) is 46.2 Å². The van der Waals surface area contributed by atoms with E-state index in [1.807, 2.05) is 24.0 Å². The third-order valence-electron chi connectivity index (χ3n) is 3.66. The molecule has 2 heterocycles. The Hall–Kier alpha value is -1.33. The summed E-state index contributed by atoms with van der Waals surface area (Å²) in [6.07, 6.45) is 7.05. The third kappa shape index (κ3) is 4.32. The summed E-state index contributed by atoms with van der Waals surface area (Å²) < 4.78 is 2.05. The van der Waals surface area contributed by atoms with Gasteiger partial charge in [0.1, 0.15) is 11.6 Å². The maximum Gasteiger partial charge on any atom is 0.151 e. The second-order valence-corrected chi connectivity index (χ2v) is 5.67. The van der Waals surface area contributed by atoms with Crippen molar-refractivity contribution in [3.8, 4) is 0 Å². The maximum atomic E-state index is 6.25. The molecule has 2 rings (SSSR count). The second-order valence-electron chi connectivity index (χ2n) is 5.31. The number of nitrogens with zero attached hydrogens (tertiary/aromatic N) is 4. The average Bonchev–Trinajstić information content (AvgIpc) is 3.02. The molecule has 0 aliphatic rings. The summed E-state index contributed by atoms with van der Waals surface area (Å²) in [6.45, 7) is 6.83. The van der Waals surface area contributed by atoms with Gasteiger partial charge >= 0.3 is 0 Å². The number of nitrogens with one attached hydrogen (secondary N) is 1. The Morgan fingerprint density at radius 1 is 1.33 bits per heavy atom. The van der Waals surface area contributed by atoms with Crippen molar-refractivity contribution in [3.63, 3.8) is 0 Å². The highest BCUT2D eigenvalue weighted by Crippen LogP contribution is 2.17. The van der Waals surface area contributed by atoms with Gasteiger partial charge in [0.15, 0.2) is 5.15 Å². The molecule has 0 aromatic carbocycles. The van der Waals surface area contributed by atoms with E-state index in [2.05, 4.69) is 33.7 Å². The molecule has 0 bridgehead atoms. The van der Waals surface area contributed by atoms with Gasteiger partial charge in [0.05, 0.1) is 12.2 Å². The summed E-state index contributed by atoms with van der Waals surface area (Å²) in [5.41, 5.74) is 0.999. The third-order valence-corrected chi connectivity index (χ3v) is 3.97. The van der Waals surface area contributed by atoms with Crippen molar-refractivity contribution in [1.82, 2.24) is 24.4 Å². The molecule has 116 valence electrons. The van der Waals surface area contributed by atoms with Crippen LogP contribution in [0.2, 0.25) is 5.15 Å². The Kier molecular flexibility index (Phi) is 5.82. The van der Waals surface area contributed by atoms with Gasteiger partial charge < -0.3 is 9.55 Å². The highest BCUT2D eigenvalue weighted by molar-refractivity contribution is 6.30. The molecule has 0 atom stereocenters. The lowest BCUT2D eigenvalue weighted by molar-refractivity contribution is 0.259. The van der Waals surface area contributed by atoms with Gasteiger partial charge in [-0.3, -0.25) is 4.90 Å². The zero-order valence-electron chi connectivity index (χ0n) is 13.1. The Morgan fingerprint density at radius 2 is 2.14 bits per heavy atom. The van der Waals surface area contributed by atoms with Gasteiger partial charge in [0.25, 0.3) is 0 Å². The van der Waals surface area contributed by atoms with E-state index in [9.17, 15) is 0 Å². The minimum Gasteiger partial charge on any atom is -0.344 e. The molecule has 0 saturated carbocycles. The fourth-order valence-electron chi connectivity index (χ4n) is 2.26. The van der Waals surface area contributed by atoms with Crippen LogP contribution in [0.3, 0.4) is 0 Å². The van der Waals surface area contributed by atoms with E-state index in [1.54, 1.807) is 0 Å². The zero-order valence-corrected chi connectivity index (χ0v) is 13.8. The fraction of sp³-hybridized carbons (Fsp3) is 0.600. The molecule has 21 heavy (non-hydrogen) atoms. The standard InChI is InChI=1S/C15H24ClN5/c1-4-6-7-13-18-12(15(16)19-13)10-21(5-2)11-14-17-8-9-20(14)3/h8-9H,4-7,10-11H2,1-3H3,(H,18,19). The lowest BCUT2D eigenvalue weighted by Gasteiger charge is -2.19. The van der Waals surface area contributed by atoms with Crippen LogP contribution < -0.4 is 0 Å². The normalized spacial score (nSPS) is 11.5. The first-order chi connectivity index (χ1) is 10.1. The molecule has 0 unspecified atom stereocenters. The molecule has 2 aromatic rings. The average molecular weight is 310 g/mol. The quantitative estimate of drug-likeness (QED) is 0.815. The lowest BCUT2D eigenvalue weighted by atomic mass is 10.2. The molecule has 2 aromatic heterocycles. The van der Waals surface area contributed by atoms with Gasteiger partial charge in [-0.25, -0.2) is 9.97 Å².